The Morgan fingerprint density at radius 1 is 0.768 bits per heavy atom. The molecule has 69 heavy (non-hydrogen) atoms. The zero-order valence-electron chi connectivity index (χ0n) is 38.9. The number of rotatable bonds is 37. The molecule has 0 aromatic carbocycles. The summed E-state index contributed by atoms with van der Waals surface area (Å²) >= 11 is 6.39. The molecule has 1 saturated carbocycles. The minimum Gasteiger partial charge on any atom is -0.388 e. The van der Waals surface area contributed by atoms with Crippen LogP contribution < -0.4 is 4.90 Å². The number of aromatic nitrogens is 7. The Bertz CT molecular complexity index is 1970. The fourth-order valence-corrected chi connectivity index (χ4v) is 8.64. The lowest BCUT2D eigenvalue weighted by Gasteiger charge is -2.54. The summed E-state index contributed by atoms with van der Waals surface area (Å²) in [5.74, 6) is 0.677. The molecule has 2 aliphatic heterocycles. The number of aliphatic hydroxyl groups is 2. The van der Waals surface area contributed by atoms with E-state index in [0.29, 0.717) is 142 Å². The second-order valence-electron chi connectivity index (χ2n) is 16.9. The number of carbonyl (C=O) groups excluding carboxylic acids is 1. The van der Waals surface area contributed by atoms with Crippen molar-refractivity contribution in [3.05, 3.63) is 23.4 Å². The molecule has 390 valence electrons. The van der Waals surface area contributed by atoms with E-state index < -0.39 is 38.4 Å². The second kappa shape index (κ2) is 29.6. The maximum absolute atomic E-state index is 11.1. The molecule has 6 rings (SSSR count). The largest absolute Gasteiger partial charge is 0.388 e. The molecule has 27 heteroatoms. The van der Waals surface area contributed by atoms with Gasteiger partial charge in [-0.15, -0.1) is 5.10 Å². The van der Waals surface area contributed by atoms with Crippen LogP contribution in [0.2, 0.25) is 5.28 Å². The molecule has 1 aliphatic carbocycles. The maximum atomic E-state index is 11.1. The van der Waals surface area contributed by atoms with Crippen LogP contribution in [-0.2, 0) is 81.2 Å². The van der Waals surface area contributed by atoms with E-state index in [2.05, 4.69) is 30.3 Å². The first-order valence-corrected chi connectivity index (χ1v) is 25.5. The maximum Gasteiger partial charge on any atom is 0.350 e. The lowest BCUT2D eigenvalue weighted by Crippen LogP contribution is -2.58. The molecule has 1 unspecified atom stereocenters. The van der Waals surface area contributed by atoms with Crippen LogP contribution in [0.5, 0.6) is 0 Å². The molecular formula is C42H68ClN8O17P. The highest BCUT2D eigenvalue weighted by atomic mass is 35.5. The lowest BCUT2D eigenvalue weighted by atomic mass is 9.68. The van der Waals surface area contributed by atoms with Crippen molar-refractivity contribution in [1.29, 1.82) is 0 Å². The minimum absolute atomic E-state index is 0.0400. The van der Waals surface area contributed by atoms with Gasteiger partial charge in [-0.3, -0.25) is 4.57 Å². The van der Waals surface area contributed by atoms with Gasteiger partial charge in [0.15, 0.2) is 5.65 Å². The molecule has 0 radical (unpaired) electrons. The van der Waals surface area contributed by atoms with E-state index in [1.807, 2.05) is 6.20 Å². The molecule has 4 atom stereocenters. The van der Waals surface area contributed by atoms with E-state index in [-0.39, 0.29) is 30.0 Å². The van der Waals surface area contributed by atoms with Gasteiger partial charge in [0.25, 0.3) is 0 Å². The van der Waals surface area contributed by atoms with E-state index in [0.717, 1.165) is 50.8 Å². The SMILES string of the molecule is O=CCCOCCOCCOCCOCCn1cc(COCCOCCOCCOCCOC2CCC3(CC2)CN(c2nc(Cl)nc4c2cnn4C[C@H]2OC(COCP(=O)(O)O)[C@@H](O)[C@H]2O)C3)nn1. The van der Waals surface area contributed by atoms with E-state index in [4.69, 9.17) is 73.5 Å². The number of aliphatic hydroxyl groups excluding tert-OH is 2. The monoisotopic (exact) mass is 1020 g/mol. The van der Waals surface area contributed by atoms with Gasteiger partial charge >= 0.3 is 7.60 Å². The summed E-state index contributed by atoms with van der Waals surface area (Å²) in [6, 6.07) is 0. The third-order valence-electron chi connectivity index (χ3n) is 11.6. The van der Waals surface area contributed by atoms with Crippen molar-refractivity contribution in [3.63, 3.8) is 0 Å². The highest BCUT2D eigenvalue weighted by Gasteiger charge is 2.47. The van der Waals surface area contributed by atoms with Crippen LogP contribution in [0.1, 0.15) is 37.8 Å². The molecule has 2 saturated heterocycles. The van der Waals surface area contributed by atoms with Gasteiger partial charge in [0.1, 0.15) is 48.6 Å². The molecule has 4 N–H and O–H groups in total. The normalized spacial score (nSPS) is 20.7. The highest BCUT2D eigenvalue weighted by molar-refractivity contribution is 7.51. The molecular weight excluding hydrogens is 955 g/mol. The van der Waals surface area contributed by atoms with Crippen LogP contribution in [0.25, 0.3) is 11.0 Å². The van der Waals surface area contributed by atoms with E-state index >= 15 is 0 Å². The Morgan fingerprint density at radius 2 is 1.35 bits per heavy atom. The number of nitrogens with zero attached hydrogens (tertiary/aromatic N) is 8. The predicted octanol–water partition coefficient (Wildman–Crippen LogP) is 0.400. The Balaban J connectivity index is 0.721. The molecule has 3 fully saturated rings. The number of carbonyl (C=O) groups is 1. The third-order valence-corrected chi connectivity index (χ3v) is 12.3. The first-order valence-electron chi connectivity index (χ1n) is 23.4. The topological polar surface area (TPSA) is 294 Å². The quantitative estimate of drug-likeness (QED) is 0.0263. The number of hydrogen-bond acceptors (Lipinski definition) is 21. The highest BCUT2D eigenvalue weighted by Crippen LogP contribution is 2.47. The van der Waals surface area contributed by atoms with E-state index in [1.54, 1.807) is 10.9 Å². The molecule has 5 heterocycles. The number of aldehydes is 1. The van der Waals surface area contributed by atoms with Crippen molar-refractivity contribution in [2.75, 3.05) is 137 Å². The summed E-state index contributed by atoms with van der Waals surface area (Å²) < 4.78 is 75.5. The molecule has 25 nitrogen and oxygen atoms in total. The van der Waals surface area contributed by atoms with Crippen molar-refractivity contribution in [3.8, 4) is 0 Å². The predicted molar refractivity (Wildman–Crippen MR) is 243 cm³/mol. The summed E-state index contributed by atoms with van der Waals surface area (Å²) in [7, 11) is -4.39. The zero-order chi connectivity index (χ0) is 48.7. The minimum atomic E-state index is -4.39. The Morgan fingerprint density at radius 3 is 1.97 bits per heavy atom. The molecule has 3 aromatic rings. The van der Waals surface area contributed by atoms with Crippen LogP contribution in [-0.4, -0.2) is 223 Å². The van der Waals surface area contributed by atoms with Gasteiger partial charge in [0, 0.05) is 24.9 Å². The molecule has 3 aliphatic rings. The number of ether oxygens (including phenoxy) is 11. The van der Waals surface area contributed by atoms with Gasteiger partial charge < -0.3 is 81.8 Å². The zero-order valence-corrected chi connectivity index (χ0v) is 40.6. The van der Waals surface area contributed by atoms with Crippen molar-refractivity contribution < 1.29 is 81.5 Å². The second-order valence-corrected chi connectivity index (χ2v) is 18.9. The van der Waals surface area contributed by atoms with Gasteiger partial charge in [-0.25, -0.2) is 9.36 Å². The summed E-state index contributed by atoms with van der Waals surface area (Å²) in [5.41, 5.74) is 1.34. The fraction of sp³-hybridized carbons (Fsp3) is 0.810. The van der Waals surface area contributed by atoms with Gasteiger partial charge in [-0.05, 0) is 37.3 Å². The number of fused-ring (bicyclic) bond motifs is 1. The molecule has 3 aromatic heterocycles. The summed E-state index contributed by atoms with van der Waals surface area (Å²) in [4.78, 5) is 39.4. The average molecular weight is 1020 g/mol. The van der Waals surface area contributed by atoms with Gasteiger partial charge in [0.2, 0.25) is 5.28 Å². The first kappa shape index (κ1) is 55.4. The summed E-state index contributed by atoms with van der Waals surface area (Å²) in [5, 5.41) is 34.5. The van der Waals surface area contributed by atoms with Gasteiger partial charge in [0.05, 0.1) is 156 Å². The van der Waals surface area contributed by atoms with Crippen molar-refractivity contribution >= 4 is 42.3 Å². The van der Waals surface area contributed by atoms with Crippen molar-refractivity contribution in [1.82, 2.24) is 34.7 Å². The fourth-order valence-electron chi connectivity index (χ4n) is 8.14. The summed E-state index contributed by atoms with van der Waals surface area (Å²) in [6.07, 6.45) is 3.56. The van der Waals surface area contributed by atoms with E-state index in [9.17, 15) is 19.6 Å². The Labute approximate surface area is 405 Å². The van der Waals surface area contributed by atoms with Crippen molar-refractivity contribution in [2.24, 2.45) is 5.41 Å². The number of anilines is 1. The molecule has 0 bridgehead atoms. The first-order chi connectivity index (χ1) is 33.5. The van der Waals surface area contributed by atoms with Gasteiger partial charge in [-0.1, -0.05) is 5.21 Å². The third kappa shape index (κ3) is 18.9. The molecule has 0 amide bonds. The smallest absolute Gasteiger partial charge is 0.350 e. The van der Waals surface area contributed by atoms with Crippen LogP contribution >= 0.6 is 19.2 Å². The molecule has 1 spiro atoms. The van der Waals surface area contributed by atoms with E-state index in [1.165, 1.54) is 4.68 Å². The number of hydrogen-bond donors (Lipinski definition) is 4. The van der Waals surface area contributed by atoms with Crippen LogP contribution in [0.3, 0.4) is 0 Å². The Hall–Kier alpha value is -2.92. The standard InChI is InChI=1S/C42H68ClN8O17P/c43-41-45-39(34-24-44-51(40(34)46-41)26-35-37(53)38(54)36(68-35)28-66-31-69(55,56)57)49-29-42(30-49)4-2-33(3-5-42)67-23-22-64-19-18-62-16-17-63-20-21-65-27-32-25-50(48-47-32)6-9-59-11-13-61-15-14-60-12-10-58-8-1-7-52/h7,24-25,33,35-38,53-54H,1-6,8-23,26-31H2,(H2,55,56,57)/t35-,36?,37+,38-/m1/s1. The van der Waals surface area contributed by atoms with Crippen LogP contribution in [0, 0.1) is 5.41 Å². The summed E-state index contributed by atoms with van der Waals surface area (Å²) in [6.45, 7) is 9.66. The lowest BCUT2D eigenvalue weighted by molar-refractivity contribution is -0.109. The Kier molecular flexibility index (Phi) is 23.7. The van der Waals surface area contributed by atoms with Crippen LogP contribution in [0.4, 0.5) is 5.82 Å². The van der Waals surface area contributed by atoms with Crippen LogP contribution in [0.15, 0.2) is 12.4 Å². The average Bonchev–Trinajstić information content (AvgIpc) is 4.02. The number of halogens is 1. The van der Waals surface area contributed by atoms with Gasteiger partial charge in [-0.2, -0.15) is 15.1 Å². The van der Waals surface area contributed by atoms with Crippen molar-refractivity contribution in [2.45, 2.75) is 82.3 Å².